The van der Waals surface area contributed by atoms with E-state index in [9.17, 15) is 19.5 Å². The summed E-state index contributed by atoms with van der Waals surface area (Å²) in [5.41, 5.74) is 3.81. The third kappa shape index (κ3) is 5.04. The molecule has 7 nitrogen and oxygen atoms in total. The predicted molar refractivity (Wildman–Crippen MR) is 133 cm³/mol. The zero-order valence-corrected chi connectivity index (χ0v) is 20.4. The van der Waals surface area contributed by atoms with Crippen LogP contribution in [-0.2, 0) is 14.3 Å². The Morgan fingerprint density at radius 1 is 1.06 bits per heavy atom. The Hall–Kier alpha value is -3.35. The average molecular weight is 479 g/mol. The Balaban J connectivity index is 1.40. The van der Waals surface area contributed by atoms with Crippen LogP contribution in [0.25, 0.3) is 11.1 Å². The van der Waals surface area contributed by atoms with Gasteiger partial charge in [-0.15, -0.1) is 0 Å². The fourth-order valence-corrected chi connectivity index (χ4v) is 5.44. The number of carboxylic acids is 1. The minimum absolute atomic E-state index is 0.0313. The maximum atomic E-state index is 13.1. The van der Waals surface area contributed by atoms with Crippen molar-refractivity contribution in [3.8, 4) is 11.1 Å². The largest absolute Gasteiger partial charge is 0.481 e. The fourth-order valence-electron chi connectivity index (χ4n) is 5.44. The third-order valence-corrected chi connectivity index (χ3v) is 7.71. The first-order valence-electron chi connectivity index (χ1n) is 12.5. The second kappa shape index (κ2) is 10.5. The number of hydrogen-bond acceptors (Lipinski definition) is 4. The summed E-state index contributed by atoms with van der Waals surface area (Å²) in [6.07, 6.45) is 2.98. The monoisotopic (exact) mass is 478 g/mol. The normalized spacial score (nSPS) is 21.9. The minimum atomic E-state index is -0.921. The van der Waals surface area contributed by atoms with Gasteiger partial charge in [-0.1, -0.05) is 68.3 Å². The maximum absolute atomic E-state index is 13.1. The molecule has 1 saturated carbocycles. The summed E-state index contributed by atoms with van der Waals surface area (Å²) in [5, 5.41) is 15.0. The second-order valence-corrected chi connectivity index (χ2v) is 9.84. The van der Waals surface area contributed by atoms with Crippen molar-refractivity contribution in [1.82, 2.24) is 10.6 Å². The Kier molecular flexibility index (Phi) is 7.43. The number of carbonyl (C=O) groups excluding carboxylic acids is 2. The number of benzene rings is 2. The van der Waals surface area contributed by atoms with Gasteiger partial charge in [0.05, 0.1) is 11.3 Å². The summed E-state index contributed by atoms with van der Waals surface area (Å²) in [5.74, 6) is -1.80. The van der Waals surface area contributed by atoms with Crippen LogP contribution in [0.15, 0.2) is 48.5 Å². The molecule has 1 fully saturated rings. The predicted octanol–water partition coefficient (Wildman–Crippen LogP) is 4.70. The zero-order valence-electron chi connectivity index (χ0n) is 20.4. The van der Waals surface area contributed by atoms with E-state index in [1.807, 2.05) is 31.2 Å². The number of carbonyl (C=O) groups is 3. The van der Waals surface area contributed by atoms with Crippen LogP contribution in [0.2, 0.25) is 0 Å². The van der Waals surface area contributed by atoms with Crippen molar-refractivity contribution < 1.29 is 24.2 Å². The molecule has 35 heavy (non-hydrogen) atoms. The number of hydrogen-bond donors (Lipinski definition) is 3. The van der Waals surface area contributed by atoms with E-state index in [1.54, 1.807) is 6.92 Å². The van der Waals surface area contributed by atoms with Gasteiger partial charge in [-0.2, -0.15) is 0 Å². The van der Waals surface area contributed by atoms with Gasteiger partial charge in [0.15, 0.2) is 0 Å². The van der Waals surface area contributed by atoms with Crippen LogP contribution in [0.4, 0.5) is 4.79 Å². The van der Waals surface area contributed by atoms with Crippen LogP contribution < -0.4 is 10.6 Å². The Labute approximate surface area is 206 Å². The zero-order chi connectivity index (χ0) is 25.0. The van der Waals surface area contributed by atoms with Gasteiger partial charge in [-0.05, 0) is 48.4 Å². The summed E-state index contributed by atoms with van der Waals surface area (Å²) in [6.45, 7) is 3.93. The summed E-state index contributed by atoms with van der Waals surface area (Å²) >= 11 is 0. The van der Waals surface area contributed by atoms with Crippen LogP contribution in [0, 0.1) is 11.3 Å². The van der Waals surface area contributed by atoms with Crippen molar-refractivity contribution in [3.05, 3.63) is 59.7 Å². The highest BCUT2D eigenvalue weighted by Crippen LogP contribution is 2.44. The van der Waals surface area contributed by atoms with E-state index in [2.05, 4.69) is 34.9 Å². The molecule has 2 aliphatic carbocycles. The summed E-state index contributed by atoms with van der Waals surface area (Å²) in [6, 6.07) is 16.0. The van der Waals surface area contributed by atoms with E-state index < -0.39 is 23.4 Å². The van der Waals surface area contributed by atoms with Crippen molar-refractivity contribution in [3.63, 3.8) is 0 Å². The number of aliphatic carboxylic acids is 1. The first-order valence-corrected chi connectivity index (χ1v) is 12.5. The molecule has 0 saturated heterocycles. The van der Waals surface area contributed by atoms with Gasteiger partial charge in [0.25, 0.3) is 0 Å². The molecule has 3 atom stereocenters. The first kappa shape index (κ1) is 24.8. The highest BCUT2D eigenvalue weighted by molar-refractivity contribution is 5.85. The number of carboxylic acid groups (broad SMARTS) is 1. The van der Waals surface area contributed by atoms with Gasteiger partial charge >= 0.3 is 12.1 Å². The first-order chi connectivity index (χ1) is 16.8. The van der Waals surface area contributed by atoms with E-state index in [1.165, 1.54) is 11.1 Å². The highest BCUT2D eigenvalue weighted by Gasteiger charge is 2.44. The summed E-state index contributed by atoms with van der Waals surface area (Å²) in [7, 11) is 0. The standard InChI is InChI=1S/C28H34N2O5/c1-3-18(25(31)32)16-29-26(33)28(2)15-9-8-14-24(28)30-27(34)35-17-23-21-12-6-4-10-19(21)20-11-5-7-13-22(20)23/h4-7,10-13,18,23-24H,3,8-9,14-17H2,1-2H3,(H,29,33)(H,30,34)(H,31,32). The summed E-state index contributed by atoms with van der Waals surface area (Å²) in [4.78, 5) is 37.3. The maximum Gasteiger partial charge on any atom is 0.407 e. The molecule has 4 rings (SSSR count). The van der Waals surface area contributed by atoms with Crippen molar-refractivity contribution in [2.24, 2.45) is 11.3 Å². The molecule has 2 aromatic rings. The molecule has 2 aliphatic rings. The molecule has 0 heterocycles. The lowest BCUT2D eigenvalue weighted by molar-refractivity contribution is -0.142. The van der Waals surface area contributed by atoms with Gasteiger partial charge in [0.2, 0.25) is 5.91 Å². The van der Waals surface area contributed by atoms with Crippen molar-refractivity contribution in [1.29, 1.82) is 0 Å². The molecule has 0 aliphatic heterocycles. The summed E-state index contributed by atoms with van der Waals surface area (Å²) < 4.78 is 5.70. The molecule has 2 amide bonds. The van der Waals surface area contributed by atoms with Crippen molar-refractivity contribution >= 4 is 18.0 Å². The number of rotatable bonds is 8. The molecule has 0 aromatic heterocycles. The molecule has 7 heteroatoms. The van der Waals surface area contributed by atoms with Gasteiger partial charge in [-0.3, -0.25) is 9.59 Å². The van der Waals surface area contributed by atoms with E-state index in [0.717, 1.165) is 24.0 Å². The van der Waals surface area contributed by atoms with Crippen LogP contribution in [0.3, 0.4) is 0 Å². The molecule has 3 N–H and O–H groups in total. The lowest BCUT2D eigenvalue weighted by atomic mass is 9.71. The topological polar surface area (TPSA) is 105 Å². The Morgan fingerprint density at radius 3 is 2.29 bits per heavy atom. The molecule has 0 spiro atoms. The lowest BCUT2D eigenvalue weighted by Crippen LogP contribution is -2.56. The Morgan fingerprint density at radius 2 is 1.69 bits per heavy atom. The van der Waals surface area contributed by atoms with Crippen LogP contribution >= 0.6 is 0 Å². The minimum Gasteiger partial charge on any atom is -0.481 e. The van der Waals surface area contributed by atoms with Gasteiger partial charge < -0.3 is 20.5 Å². The van der Waals surface area contributed by atoms with Crippen LogP contribution in [-0.4, -0.2) is 42.3 Å². The van der Waals surface area contributed by atoms with E-state index in [-0.39, 0.29) is 31.0 Å². The molecule has 186 valence electrons. The quantitative estimate of drug-likeness (QED) is 0.510. The van der Waals surface area contributed by atoms with E-state index >= 15 is 0 Å². The molecule has 0 bridgehead atoms. The van der Waals surface area contributed by atoms with Crippen LogP contribution in [0.1, 0.15) is 63.0 Å². The van der Waals surface area contributed by atoms with E-state index in [0.29, 0.717) is 19.3 Å². The van der Waals surface area contributed by atoms with Gasteiger partial charge in [-0.25, -0.2) is 4.79 Å². The lowest BCUT2D eigenvalue weighted by Gasteiger charge is -2.40. The third-order valence-electron chi connectivity index (χ3n) is 7.71. The number of amides is 2. The SMILES string of the molecule is CCC(CNC(=O)C1(C)CCCCC1NC(=O)OCC1c2ccccc2-c2ccccc21)C(=O)O. The van der Waals surface area contributed by atoms with Crippen LogP contribution in [0.5, 0.6) is 0 Å². The number of ether oxygens (including phenoxy) is 1. The fraction of sp³-hybridized carbons (Fsp3) is 0.464. The van der Waals surface area contributed by atoms with Gasteiger partial charge in [0.1, 0.15) is 6.61 Å². The molecule has 2 aromatic carbocycles. The highest BCUT2D eigenvalue weighted by atomic mass is 16.5. The smallest absolute Gasteiger partial charge is 0.407 e. The van der Waals surface area contributed by atoms with E-state index in [4.69, 9.17) is 4.74 Å². The number of fused-ring (bicyclic) bond motifs is 3. The van der Waals surface area contributed by atoms with Crippen molar-refractivity contribution in [2.75, 3.05) is 13.2 Å². The molecule has 3 unspecified atom stereocenters. The molecular weight excluding hydrogens is 444 g/mol. The second-order valence-electron chi connectivity index (χ2n) is 9.84. The Bertz CT molecular complexity index is 1050. The molecule has 0 radical (unpaired) electrons. The van der Waals surface area contributed by atoms with Gasteiger partial charge in [0, 0.05) is 18.5 Å². The number of nitrogens with one attached hydrogen (secondary N) is 2. The average Bonchev–Trinajstić information content (AvgIpc) is 3.18. The van der Waals surface area contributed by atoms with Crippen molar-refractivity contribution in [2.45, 2.75) is 57.9 Å². The number of alkyl carbamates (subject to hydrolysis) is 1. The molecular formula is C28H34N2O5.